The number of ether oxygens (including phenoxy) is 1. The molecule has 4 aliphatic heterocycles. The first-order valence-electron chi connectivity index (χ1n) is 45.0. The molecule has 6 aromatic rings. The molecule has 0 atom stereocenters. The smallest absolute Gasteiger partial charge is 0.399 e. The lowest BCUT2D eigenvalue weighted by Crippen LogP contribution is -2.41. The summed E-state index contributed by atoms with van der Waals surface area (Å²) in [5.41, 5.74) is 4.31. The van der Waals surface area contributed by atoms with E-state index in [1.54, 1.807) is 31.3 Å². The Morgan fingerprint density at radius 1 is 0.324 bits per heavy atom. The van der Waals surface area contributed by atoms with Crippen LogP contribution in [0, 0.1) is 0 Å². The number of thiophene rings is 4. The number of hydrogen-bond donors (Lipinski definition) is 0. The minimum atomic E-state index is -0.523. The predicted octanol–water partition coefficient (Wildman–Crippen LogP) is 29.5. The van der Waals surface area contributed by atoms with Crippen LogP contribution in [0.15, 0.2) is 35.0 Å². The Morgan fingerprint density at radius 2 is 0.565 bits per heavy atom. The highest BCUT2D eigenvalue weighted by Gasteiger charge is 2.55. The molecule has 0 amide bonds. The van der Waals surface area contributed by atoms with Gasteiger partial charge in [0.15, 0.2) is 0 Å². The quantitative estimate of drug-likeness (QED) is 0.0276. The molecule has 4 saturated heterocycles. The minimum Gasteiger partial charge on any atom is -0.399 e. The molecule has 8 nitrogen and oxygen atoms in total. The van der Waals surface area contributed by atoms with Gasteiger partial charge in [-0.1, -0.05) is 259 Å². The molecule has 108 heavy (non-hydrogen) atoms. The highest BCUT2D eigenvalue weighted by atomic mass is 32.1. The lowest BCUT2D eigenvalue weighted by atomic mass is 9.85. The SMILES string of the molecule is C1CCOC1.CC(C)OB1OC(C)(C)C(C)(C)O1.CCCCCCCCCCCCc1c2cc(B3OC(C)(C)C(C)(C)O3)sc2c(CCCCCCCCCCCC)c2cc(B3OC(C)(C)C(C)(C)O3)sc12.CCCCCCCCCCCCc1c2ccsc2c(CCCCCCCCCCCC)c2ccsc12. The Kier molecular flexibility index (Phi) is 41.5. The van der Waals surface area contributed by atoms with Crippen molar-refractivity contribution in [1.29, 1.82) is 0 Å². The Morgan fingerprint density at radius 3 is 0.806 bits per heavy atom. The van der Waals surface area contributed by atoms with Crippen molar-refractivity contribution in [1.82, 2.24) is 0 Å². The van der Waals surface area contributed by atoms with Crippen molar-refractivity contribution in [2.45, 2.75) is 460 Å². The number of fused-ring (bicyclic) bond motifs is 4. The van der Waals surface area contributed by atoms with Gasteiger partial charge in [0.1, 0.15) is 0 Å². The molecule has 0 saturated carbocycles. The van der Waals surface area contributed by atoms with E-state index >= 15 is 0 Å². The molecule has 0 N–H and O–H groups in total. The van der Waals surface area contributed by atoms with E-state index in [4.69, 9.17) is 37.3 Å². The van der Waals surface area contributed by atoms with E-state index in [1.165, 1.54) is 323 Å². The molecule has 0 bridgehead atoms. The maximum Gasteiger partial charge on any atom is 0.640 e. The normalized spacial score (nSPS) is 17.6. The first kappa shape index (κ1) is 93.3. The third-order valence-corrected chi connectivity index (χ3v) is 29.1. The van der Waals surface area contributed by atoms with Crippen LogP contribution in [-0.2, 0) is 63.0 Å². The van der Waals surface area contributed by atoms with E-state index in [9.17, 15) is 0 Å². The Bertz CT molecular complexity index is 3070. The highest BCUT2D eigenvalue weighted by molar-refractivity contribution is 7.30. The summed E-state index contributed by atoms with van der Waals surface area (Å²) in [4.78, 5) is 0. The summed E-state index contributed by atoms with van der Waals surface area (Å²) in [6.07, 6.45) is 62.8. The van der Waals surface area contributed by atoms with Crippen molar-refractivity contribution in [3.63, 3.8) is 0 Å². The van der Waals surface area contributed by atoms with E-state index in [-0.39, 0.29) is 53.9 Å². The lowest BCUT2D eigenvalue weighted by Gasteiger charge is -2.32. The predicted molar refractivity (Wildman–Crippen MR) is 480 cm³/mol. The van der Waals surface area contributed by atoms with Gasteiger partial charge < -0.3 is 37.3 Å². The van der Waals surface area contributed by atoms with E-state index in [2.05, 4.69) is 118 Å². The summed E-state index contributed by atoms with van der Waals surface area (Å²) in [5, 5.41) is 10.7. The average Bonchev–Trinajstić information content (AvgIpc) is 1.57. The second kappa shape index (κ2) is 48.0. The van der Waals surface area contributed by atoms with Gasteiger partial charge in [-0.05, 0) is 240 Å². The van der Waals surface area contributed by atoms with Crippen LogP contribution in [0.3, 0.4) is 0 Å². The standard InChI is InChI=1S/C46H76B2O4S2.C34H54S2.C9H19BO3.C4H8O/c1-11-13-15-17-19-21-23-25-27-29-31-35-37-33-39(47-49-43(3,4)44(5,6)50-47)54-42(37)36(32-30-28-26-24-22-20-18-16-14-12-2)38-34-40(53-41(35)38)48-51-45(7,8)46(9,10)52-48;1-3-5-7-9-11-13-15-17-19-21-23-29-31-25-27-36-34(31)30(32-26-28-35-33(29)32)24-22-20-18-16-14-12-10-8-6-4-2;1-7(2)11-10-12-8(3,4)9(5,6)13-10;1-2-4-5-3-1/h33-34H,11-32H2,1-10H3;25-28H,3-24H2,1-2H3;7H,1-6H3;1-4H2. The Balaban J connectivity index is 0.000000255. The molecule has 2 aromatic carbocycles. The van der Waals surface area contributed by atoms with Crippen molar-refractivity contribution in [2.24, 2.45) is 0 Å². The largest absolute Gasteiger partial charge is 0.640 e. The summed E-state index contributed by atoms with van der Waals surface area (Å²) >= 11 is 7.83. The molecular formula is C93H157B3O8S4. The summed E-state index contributed by atoms with van der Waals surface area (Å²) in [7, 11) is -1.19. The second-order valence-electron chi connectivity index (χ2n) is 36.0. The summed E-state index contributed by atoms with van der Waals surface area (Å²) in [6.45, 7) is 40.5. The van der Waals surface area contributed by atoms with Crippen molar-refractivity contribution in [2.75, 3.05) is 13.2 Å². The van der Waals surface area contributed by atoms with Crippen LogP contribution in [0.1, 0.15) is 417 Å². The molecule has 4 aliphatic rings. The molecule has 8 heterocycles. The van der Waals surface area contributed by atoms with Gasteiger partial charge in [-0.25, -0.2) is 0 Å². The van der Waals surface area contributed by atoms with Crippen LogP contribution in [-0.4, -0.2) is 74.5 Å². The molecule has 0 spiro atoms. The first-order valence-corrected chi connectivity index (χ1v) is 48.4. The Labute approximate surface area is 679 Å². The van der Waals surface area contributed by atoms with Crippen molar-refractivity contribution in [3.05, 3.63) is 57.3 Å². The van der Waals surface area contributed by atoms with Gasteiger partial charge >= 0.3 is 21.6 Å². The molecule has 4 aromatic heterocycles. The van der Waals surface area contributed by atoms with Crippen LogP contribution < -0.4 is 9.55 Å². The molecular weight excluding hydrogens is 1410 g/mol. The molecule has 0 aliphatic carbocycles. The maximum atomic E-state index is 6.66. The molecule has 0 radical (unpaired) electrons. The third-order valence-electron chi connectivity index (χ3n) is 24.8. The molecule has 4 fully saturated rings. The summed E-state index contributed by atoms with van der Waals surface area (Å²) < 4.78 is 56.8. The number of benzene rings is 2. The summed E-state index contributed by atoms with van der Waals surface area (Å²) in [6, 6.07) is 9.74. The van der Waals surface area contributed by atoms with Crippen molar-refractivity contribution in [3.8, 4) is 0 Å². The summed E-state index contributed by atoms with van der Waals surface area (Å²) in [5.74, 6) is 0. The molecule has 610 valence electrons. The van der Waals surface area contributed by atoms with Crippen LogP contribution in [0.5, 0.6) is 0 Å². The molecule has 0 unspecified atom stereocenters. The number of unbranched alkanes of at least 4 members (excludes halogenated alkanes) is 36. The monoisotopic (exact) mass is 1560 g/mol. The number of hydrogen-bond acceptors (Lipinski definition) is 12. The van der Waals surface area contributed by atoms with Crippen LogP contribution in [0.4, 0.5) is 0 Å². The fourth-order valence-electron chi connectivity index (χ4n) is 15.6. The van der Waals surface area contributed by atoms with E-state index in [0.717, 1.165) is 26.1 Å². The third kappa shape index (κ3) is 28.8. The maximum absolute atomic E-state index is 6.66. The van der Waals surface area contributed by atoms with Gasteiger partial charge in [-0.15, -0.1) is 45.3 Å². The van der Waals surface area contributed by atoms with E-state index in [1.807, 2.05) is 86.9 Å². The van der Waals surface area contributed by atoms with Gasteiger partial charge in [0.25, 0.3) is 0 Å². The van der Waals surface area contributed by atoms with Crippen molar-refractivity contribution >= 4 is 117 Å². The fourth-order valence-corrected chi connectivity index (χ4v) is 20.1. The van der Waals surface area contributed by atoms with Crippen LogP contribution in [0.2, 0.25) is 0 Å². The average molecular weight is 1560 g/mol. The van der Waals surface area contributed by atoms with Gasteiger partial charge in [0.05, 0.1) is 33.6 Å². The number of rotatable bonds is 48. The minimum absolute atomic E-state index is 0.120. The fraction of sp³-hybridized carbons (Fsp3) is 0.785. The van der Waals surface area contributed by atoms with Crippen LogP contribution in [0.25, 0.3) is 40.3 Å². The van der Waals surface area contributed by atoms with Crippen LogP contribution >= 0.6 is 45.3 Å². The van der Waals surface area contributed by atoms with E-state index in [0.29, 0.717) is 0 Å². The Hall–Kier alpha value is -1.85. The second-order valence-corrected chi connectivity index (χ2v) is 40.0. The van der Waals surface area contributed by atoms with Gasteiger partial charge in [-0.3, -0.25) is 0 Å². The number of aryl methyl sites for hydroxylation is 4. The topological polar surface area (TPSA) is 73.8 Å². The van der Waals surface area contributed by atoms with Crippen molar-refractivity contribution < 1.29 is 37.3 Å². The first-order chi connectivity index (χ1) is 51.8. The van der Waals surface area contributed by atoms with Gasteiger partial charge in [0.2, 0.25) is 0 Å². The zero-order valence-corrected chi connectivity index (χ0v) is 75.9. The lowest BCUT2D eigenvalue weighted by molar-refractivity contribution is 0.00578. The van der Waals surface area contributed by atoms with Gasteiger partial charge in [0, 0.05) is 47.7 Å². The highest BCUT2D eigenvalue weighted by Crippen LogP contribution is 2.46. The zero-order valence-electron chi connectivity index (χ0n) is 72.6. The van der Waals surface area contributed by atoms with Gasteiger partial charge in [-0.2, -0.15) is 0 Å². The molecule has 15 heteroatoms. The zero-order chi connectivity index (χ0) is 78.1. The van der Waals surface area contributed by atoms with E-state index < -0.39 is 7.32 Å². The molecule has 10 rings (SSSR count).